The summed E-state index contributed by atoms with van der Waals surface area (Å²) in [7, 11) is 0. The SMILES string of the molecule is N#Cc1ccc(Nc2cc(-c3ccc(N)nc3)nc(N3CCOCC3)n2)cc1. The Morgan fingerprint density at radius 1 is 1.07 bits per heavy atom. The summed E-state index contributed by atoms with van der Waals surface area (Å²) in [6.07, 6.45) is 1.70. The van der Waals surface area contributed by atoms with Gasteiger partial charge in [-0.2, -0.15) is 10.2 Å². The predicted molar refractivity (Wildman–Crippen MR) is 107 cm³/mol. The van der Waals surface area contributed by atoms with E-state index >= 15 is 0 Å². The second-order valence-electron chi connectivity index (χ2n) is 6.32. The van der Waals surface area contributed by atoms with E-state index in [2.05, 4.69) is 26.3 Å². The van der Waals surface area contributed by atoms with Gasteiger partial charge in [-0.3, -0.25) is 0 Å². The lowest BCUT2D eigenvalue weighted by Gasteiger charge is -2.27. The number of nitrogen functional groups attached to an aromatic ring is 1. The lowest BCUT2D eigenvalue weighted by atomic mass is 10.2. The summed E-state index contributed by atoms with van der Waals surface area (Å²) >= 11 is 0. The smallest absolute Gasteiger partial charge is 0.228 e. The Labute approximate surface area is 162 Å². The molecule has 0 radical (unpaired) electrons. The molecule has 2 aromatic heterocycles. The number of nitrogens with two attached hydrogens (primary N) is 1. The number of nitriles is 1. The van der Waals surface area contributed by atoms with E-state index in [9.17, 15) is 0 Å². The van der Waals surface area contributed by atoms with E-state index in [1.807, 2.05) is 24.3 Å². The molecule has 1 saturated heterocycles. The molecule has 3 aromatic rings. The van der Waals surface area contributed by atoms with E-state index in [0.29, 0.717) is 36.4 Å². The van der Waals surface area contributed by atoms with Gasteiger partial charge < -0.3 is 20.7 Å². The van der Waals surface area contributed by atoms with Crippen molar-refractivity contribution in [2.75, 3.05) is 42.3 Å². The van der Waals surface area contributed by atoms with Gasteiger partial charge in [0.25, 0.3) is 0 Å². The summed E-state index contributed by atoms with van der Waals surface area (Å²) in [4.78, 5) is 15.7. The lowest BCUT2D eigenvalue weighted by molar-refractivity contribution is 0.122. The number of nitrogens with one attached hydrogen (secondary N) is 1. The first kappa shape index (κ1) is 17.7. The molecule has 3 N–H and O–H groups in total. The Bertz CT molecular complexity index is 991. The normalized spacial score (nSPS) is 13.8. The minimum absolute atomic E-state index is 0.460. The van der Waals surface area contributed by atoms with Crippen molar-refractivity contribution in [2.24, 2.45) is 0 Å². The van der Waals surface area contributed by atoms with Crippen LogP contribution in [0.2, 0.25) is 0 Å². The number of ether oxygens (including phenoxy) is 1. The Morgan fingerprint density at radius 2 is 1.86 bits per heavy atom. The highest BCUT2D eigenvalue weighted by Gasteiger charge is 2.16. The number of hydrogen-bond donors (Lipinski definition) is 2. The van der Waals surface area contributed by atoms with Crippen LogP contribution >= 0.6 is 0 Å². The zero-order chi connectivity index (χ0) is 19.3. The van der Waals surface area contributed by atoms with Gasteiger partial charge in [-0.1, -0.05) is 0 Å². The number of rotatable bonds is 4. The number of morpholine rings is 1. The average Bonchev–Trinajstić information content (AvgIpc) is 2.75. The standard InChI is InChI=1S/C20H19N7O/c21-12-14-1-4-16(5-2-14)24-19-11-17(15-3-6-18(22)23-13-15)25-20(26-19)27-7-9-28-10-8-27/h1-6,11,13H,7-10H2,(H2,22,23)(H,24,25,26). The van der Waals surface area contributed by atoms with Crippen molar-refractivity contribution in [2.45, 2.75) is 0 Å². The molecule has 1 aromatic carbocycles. The quantitative estimate of drug-likeness (QED) is 0.717. The molecule has 140 valence electrons. The number of aromatic nitrogens is 3. The van der Waals surface area contributed by atoms with E-state index in [1.165, 1.54) is 0 Å². The van der Waals surface area contributed by atoms with Crippen LogP contribution in [0.15, 0.2) is 48.7 Å². The van der Waals surface area contributed by atoms with Gasteiger partial charge in [0, 0.05) is 36.6 Å². The number of hydrogen-bond acceptors (Lipinski definition) is 8. The zero-order valence-electron chi connectivity index (χ0n) is 15.2. The third kappa shape index (κ3) is 4.00. The molecular formula is C20H19N7O. The van der Waals surface area contributed by atoms with Crippen LogP contribution < -0.4 is 16.0 Å². The van der Waals surface area contributed by atoms with Gasteiger partial charge in [-0.15, -0.1) is 0 Å². The third-order valence-electron chi connectivity index (χ3n) is 4.38. The van der Waals surface area contributed by atoms with Crippen LogP contribution in [0.25, 0.3) is 11.3 Å². The summed E-state index contributed by atoms with van der Waals surface area (Å²) in [5.74, 6) is 1.75. The maximum atomic E-state index is 8.96. The van der Waals surface area contributed by atoms with Crippen molar-refractivity contribution in [3.63, 3.8) is 0 Å². The van der Waals surface area contributed by atoms with Gasteiger partial charge in [0.1, 0.15) is 11.6 Å². The third-order valence-corrected chi connectivity index (χ3v) is 4.38. The van der Waals surface area contributed by atoms with Gasteiger partial charge in [0.05, 0.1) is 30.5 Å². The maximum Gasteiger partial charge on any atom is 0.228 e. The van der Waals surface area contributed by atoms with Crippen molar-refractivity contribution < 1.29 is 4.74 Å². The van der Waals surface area contributed by atoms with Crippen molar-refractivity contribution in [3.8, 4) is 17.3 Å². The Morgan fingerprint density at radius 3 is 2.54 bits per heavy atom. The fourth-order valence-electron chi connectivity index (χ4n) is 2.88. The number of benzene rings is 1. The summed E-state index contributed by atoms with van der Waals surface area (Å²) in [5, 5.41) is 12.3. The second-order valence-corrected chi connectivity index (χ2v) is 6.32. The van der Waals surface area contributed by atoms with Crippen LogP contribution in [0.4, 0.5) is 23.3 Å². The van der Waals surface area contributed by atoms with Gasteiger partial charge >= 0.3 is 0 Å². The van der Waals surface area contributed by atoms with E-state index < -0.39 is 0 Å². The van der Waals surface area contributed by atoms with Gasteiger partial charge in [0.2, 0.25) is 5.95 Å². The minimum Gasteiger partial charge on any atom is -0.384 e. The lowest BCUT2D eigenvalue weighted by Crippen LogP contribution is -2.37. The number of nitrogens with zero attached hydrogens (tertiary/aromatic N) is 5. The summed E-state index contributed by atoms with van der Waals surface area (Å²) in [6.45, 7) is 2.77. The highest BCUT2D eigenvalue weighted by Crippen LogP contribution is 2.25. The summed E-state index contributed by atoms with van der Waals surface area (Å²) in [6, 6.07) is 14.8. The minimum atomic E-state index is 0.460. The van der Waals surface area contributed by atoms with Crippen molar-refractivity contribution in [1.29, 1.82) is 5.26 Å². The first-order chi connectivity index (χ1) is 13.7. The predicted octanol–water partition coefficient (Wildman–Crippen LogP) is 2.57. The fourth-order valence-corrected chi connectivity index (χ4v) is 2.88. The Kier molecular flexibility index (Phi) is 4.99. The monoisotopic (exact) mass is 373 g/mol. The van der Waals surface area contributed by atoms with E-state index in [4.69, 9.17) is 20.7 Å². The molecule has 1 fully saturated rings. The average molecular weight is 373 g/mol. The summed E-state index contributed by atoms with van der Waals surface area (Å²) < 4.78 is 5.43. The molecule has 28 heavy (non-hydrogen) atoms. The van der Waals surface area contributed by atoms with Gasteiger partial charge in [0.15, 0.2) is 0 Å². The Balaban J connectivity index is 1.70. The highest BCUT2D eigenvalue weighted by atomic mass is 16.5. The second kappa shape index (κ2) is 7.90. The first-order valence-corrected chi connectivity index (χ1v) is 8.92. The number of pyridine rings is 1. The van der Waals surface area contributed by atoms with Gasteiger partial charge in [-0.25, -0.2) is 9.97 Å². The van der Waals surface area contributed by atoms with Crippen LogP contribution in [0.3, 0.4) is 0 Å². The number of anilines is 4. The van der Waals surface area contributed by atoms with E-state index in [1.54, 1.807) is 24.4 Å². The summed E-state index contributed by atoms with van der Waals surface area (Å²) in [5.41, 5.74) is 8.76. The molecule has 1 aliphatic heterocycles. The molecule has 0 saturated carbocycles. The molecule has 1 aliphatic rings. The fraction of sp³-hybridized carbons (Fsp3) is 0.200. The van der Waals surface area contributed by atoms with Crippen LogP contribution in [0.5, 0.6) is 0 Å². The van der Waals surface area contributed by atoms with E-state index in [0.717, 1.165) is 30.0 Å². The van der Waals surface area contributed by atoms with Crippen LogP contribution in [-0.4, -0.2) is 41.3 Å². The molecule has 4 rings (SSSR count). The topological polar surface area (TPSA) is 113 Å². The van der Waals surface area contributed by atoms with Crippen LogP contribution in [0.1, 0.15) is 5.56 Å². The van der Waals surface area contributed by atoms with E-state index in [-0.39, 0.29) is 0 Å². The van der Waals surface area contributed by atoms with Crippen LogP contribution in [-0.2, 0) is 4.74 Å². The molecular weight excluding hydrogens is 354 g/mol. The van der Waals surface area contributed by atoms with Gasteiger partial charge in [-0.05, 0) is 36.4 Å². The molecule has 0 unspecified atom stereocenters. The first-order valence-electron chi connectivity index (χ1n) is 8.92. The van der Waals surface area contributed by atoms with Crippen LogP contribution in [0, 0.1) is 11.3 Å². The maximum absolute atomic E-state index is 8.96. The Hall–Kier alpha value is -3.70. The molecule has 0 bridgehead atoms. The molecule has 8 heteroatoms. The molecule has 8 nitrogen and oxygen atoms in total. The molecule has 3 heterocycles. The van der Waals surface area contributed by atoms with Crippen molar-refractivity contribution in [3.05, 3.63) is 54.2 Å². The zero-order valence-corrected chi connectivity index (χ0v) is 15.2. The molecule has 0 spiro atoms. The molecule has 0 atom stereocenters. The van der Waals surface area contributed by atoms with Crippen molar-refractivity contribution in [1.82, 2.24) is 15.0 Å². The molecule has 0 aliphatic carbocycles. The van der Waals surface area contributed by atoms with Crippen molar-refractivity contribution >= 4 is 23.3 Å². The molecule has 0 amide bonds. The highest BCUT2D eigenvalue weighted by molar-refractivity contribution is 5.68. The largest absolute Gasteiger partial charge is 0.384 e.